The van der Waals surface area contributed by atoms with Crippen molar-refractivity contribution in [2.75, 3.05) is 7.11 Å². The van der Waals surface area contributed by atoms with Gasteiger partial charge in [-0.25, -0.2) is 0 Å². The molecule has 1 aromatic carbocycles. The van der Waals surface area contributed by atoms with Gasteiger partial charge >= 0.3 is 0 Å². The second-order valence-electron chi connectivity index (χ2n) is 5.53. The lowest BCUT2D eigenvalue weighted by molar-refractivity contribution is -0.151. The largest absolute Gasteiger partial charge is 0.370 e. The Hall–Kier alpha value is -1.15. The number of rotatable bonds is 4. The Morgan fingerprint density at radius 2 is 1.78 bits per heavy atom. The Morgan fingerprint density at radius 1 is 1.22 bits per heavy atom. The summed E-state index contributed by atoms with van der Waals surface area (Å²) in [4.78, 5) is 12.4. The van der Waals surface area contributed by atoms with Gasteiger partial charge in [-0.1, -0.05) is 17.7 Å². The molecule has 0 N–H and O–H groups in total. The van der Waals surface area contributed by atoms with E-state index in [4.69, 9.17) is 4.74 Å². The molecule has 1 aliphatic carbocycles. The first-order valence-electron chi connectivity index (χ1n) is 6.64. The van der Waals surface area contributed by atoms with E-state index >= 15 is 0 Å². The van der Waals surface area contributed by atoms with Crippen molar-refractivity contribution in [3.63, 3.8) is 0 Å². The molecule has 18 heavy (non-hydrogen) atoms. The summed E-state index contributed by atoms with van der Waals surface area (Å²) in [5, 5.41) is 0. The highest BCUT2D eigenvalue weighted by Gasteiger charge is 2.43. The van der Waals surface area contributed by atoms with Crippen LogP contribution in [0.4, 0.5) is 0 Å². The van der Waals surface area contributed by atoms with Gasteiger partial charge in [-0.15, -0.1) is 0 Å². The first kappa shape index (κ1) is 13.3. The summed E-state index contributed by atoms with van der Waals surface area (Å²) in [6.07, 6.45) is 3.37. The summed E-state index contributed by atoms with van der Waals surface area (Å²) in [7, 11) is 1.66. The van der Waals surface area contributed by atoms with Crippen LogP contribution in [0.5, 0.6) is 0 Å². The zero-order valence-corrected chi connectivity index (χ0v) is 11.8. The van der Waals surface area contributed by atoms with Crippen LogP contribution in [0.2, 0.25) is 0 Å². The van der Waals surface area contributed by atoms with E-state index in [1.165, 1.54) is 22.3 Å². The molecule has 1 saturated carbocycles. The lowest BCUT2D eigenvalue weighted by Gasteiger charge is -2.39. The number of ketones is 1. The van der Waals surface area contributed by atoms with Crippen molar-refractivity contribution in [1.82, 2.24) is 0 Å². The predicted octanol–water partition coefficient (Wildman–Crippen LogP) is 3.29. The van der Waals surface area contributed by atoms with E-state index in [1.807, 2.05) is 0 Å². The van der Waals surface area contributed by atoms with Crippen LogP contribution in [0, 0.1) is 20.8 Å². The molecule has 0 atom stereocenters. The molecule has 0 unspecified atom stereocenters. The highest BCUT2D eigenvalue weighted by Crippen LogP contribution is 2.37. The molecule has 0 heterocycles. The molecule has 2 rings (SSSR count). The quantitative estimate of drug-likeness (QED) is 0.815. The highest BCUT2D eigenvalue weighted by atomic mass is 16.5. The third-order valence-electron chi connectivity index (χ3n) is 4.24. The minimum absolute atomic E-state index is 0.242. The molecule has 1 fully saturated rings. The van der Waals surface area contributed by atoms with Crippen LogP contribution in [-0.2, 0) is 16.0 Å². The van der Waals surface area contributed by atoms with Crippen molar-refractivity contribution >= 4 is 5.78 Å². The Labute approximate surface area is 109 Å². The molecule has 0 saturated heterocycles. The van der Waals surface area contributed by atoms with E-state index in [-0.39, 0.29) is 5.78 Å². The molecule has 0 spiro atoms. The monoisotopic (exact) mass is 246 g/mol. The SMILES string of the molecule is COC1(C(=O)Cc2c(C)cc(C)cc2C)CCC1. The van der Waals surface area contributed by atoms with Gasteiger partial charge in [0.05, 0.1) is 0 Å². The van der Waals surface area contributed by atoms with Gasteiger partial charge in [0.25, 0.3) is 0 Å². The average molecular weight is 246 g/mol. The van der Waals surface area contributed by atoms with Gasteiger partial charge in [0.15, 0.2) is 5.78 Å². The van der Waals surface area contributed by atoms with E-state index < -0.39 is 5.60 Å². The summed E-state index contributed by atoms with van der Waals surface area (Å²) >= 11 is 0. The molecular formula is C16H22O2. The van der Waals surface area contributed by atoms with E-state index in [1.54, 1.807) is 7.11 Å². The van der Waals surface area contributed by atoms with Crippen molar-refractivity contribution in [3.05, 3.63) is 34.4 Å². The van der Waals surface area contributed by atoms with Crippen LogP contribution in [0.15, 0.2) is 12.1 Å². The molecule has 98 valence electrons. The maximum Gasteiger partial charge on any atom is 0.168 e. The van der Waals surface area contributed by atoms with Crippen molar-refractivity contribution in [2.24, 2.45) is 0 Å². The fraction of sp³-hybridized carbons (Fsp3) is 0.562. The number of hydrogen-bond acceptors (Lipinski definition) is 2. The summed E-state index contributed by atoms with van der Waals surface area (Å²) in [6.45, 7) is 6.26. The van der Waals surface area contributed by atoms with E-state index in [0.717, 1.165) is 19.3 Å². The van der Waals surface area contributed by atoms with Crippen LogP contribution in [0.25, 0.3) is 0 Å². The van der Waals surface area contributed by atoms with Crippen LogP contribution in [-0.4, -0.2) is 18.5 Å². The summed E-state index contributed by atoms with van der Waals surface area (Å²) < 4.78 is 5.46. The van der Waals surface area contributed by atoms with Gasteiger partial charge in [-0.2, -0.15) is 0 Å². The molecule has 1 aliphatic rings. The number of carbonyl (C=O) groups is 1. The Kier molecular flexibility index (Phi) is 3.58. The van der Waals surface area contributed by atoms with E-state index in [0.29, 0.717) is 6.42 Å². The molecule has 0 radical (unpaired) electrons. The van der Waals surface area contributed by atoms with Crippen molar-refractivity contribution in [2.45, 2.75) is 52.1 Å². The van der Waals surface area contributed by atoms with Gasteiger partial charge < -0.3 is 4.74 Å². The number of methoxy groups -OCH3 is 1. The summed E-state index contributed by atoms with van der Waals surface area (Å²) in [5.41, 5.74) is 4.38. The first-order valence-corrected chi connectivity index (χ1v) is 6.64. The number of carbonyl (C=O) groups excluding carboxylic acids is 1. The van der Waals surface area contributed by atoms with Gasteiger partial charge in [0.1, 0.15) is 5.60 Å². The number of ether oxygens (including phenoxy) is 1. The smallest absolute Gasteiger partial charge is 0.168 e. The molecule has 0 aliphatic heterocycles. The van der Waals surface area contributed by atoms with Gasteiger partial charge in [-0.05, 0) is 56.7 Å². The number of aryl methyl sites for hydroxylation is 3. The Morgan fingerprint density at radius 3 is 2.17 bits per heavy atom. The third-order valence-corrected chi connectivity index (χ3v) is 4.24. The summed E-state index contributed by atoms with van der Waals surface area (Å²) in [6, 6.07) is 4.30. The van der Waals surface area contributed by atoms with E-state index in [2.05, 4.69) is 32.9 Å². The maximum atomic E-state index is 12.4. The fourth-order valence-electron chi connectivity index (χ4n) is 2.91. The minimum Gasteiger partial charge on any atom is -0.370 e. The molecule has 0 bridgehead atoms. The molecule has 0 amide bonds. The Bertz CT molecular complexity index is 441. The van der Waals surface area contributed by atoms with E-state index in [9.17, 15) is 4.79 Å². The zero-order valence-electron chi connectivity index (χ0n) is 11.8. The second kappa shape index (κ2) is 4.85. The molecule has 1 aromatic rings. The van der Waals surface area contributed by atoms with Crippen molar-refractivity contribution in [1.29, 1.82) is 0 Å². The van der Waals surface area contributed by atoms with Crippen LogP contribution >= 0.6 is 0 Å². The fourth-order valence-corrected chi connectivity index (χ4v) is 2.91. The minimum atomic E-state index is -0.482. The maximum absolute atomic E-state index is 12.4. The average Bonchev–Trinajstić information content (AvgIpc) is 2.22. The molecule has 2 heteroatoms. The number of Topliss-reactive ketones (excluding diaryl/α,β-unsaturated/α-hetero) is 1. The van der Waals surface area contributed by atoms with Crippen LogP contribution in [0.1, 0.15) is 41.5 Å². The van der Waals surface area contributed by atoms with Gasteiger partial charge in [0, 0.05) is 13.5 Å². The standard InChI is InChI=1S/C16H22O2/c1-11-8-12(2)14(13(3)9-11)10-15(17)16(18-4)6-5-7-16/h8-9H,5-7,10H2,1-4H3. The van der Waals surface area contributed by atoms with Gasteiger partial charge in [0.2, 0.25) is 0 Å². The predicted molar refractivity (Wildman–Crippen MR) is 73.0 cm³/mol. The van der Waals surface area contributed by atoms with Crippen LogP contribution in [0.3, 0.4) is 0 Å². The number of hydrogen-bond donors (Lipinski definition) is 0. The number of benzene rings is 1. The zero-order chi connectivity index (χ0) is 13.3. The van der Waals surface area contributed by atoms with Crippen LogP contribution < -0.4 is 0 Å². The highest BCUT2D eigenvalue weighted by molar-refractivity contribution is 5.90. The molecule has 2 nitrogen and oxygen atoms in total. The molecule has 0 aromatic heterocycles. The lowest BCUT2D eigenvalue weighted by Crippen LogP contribution is -2.47. The van der Waals surface area contributed by atoms with Crippen molar-refractivity contribution < 1.29 is 9.53 Å². The third kappa shape index (κ3) is 2.22. The van der Waals surface area contributed by atoms with Crippen molar-refractivity contribution in [3.8, 4) is 0 Å². The normalized spacial score (nSPS) is 17.3. The summed E-state index contributed by atoms with van der Waals surface area (Å²) in [5.74, 6) is 0.242. The Balaban J connectivity index is 2.22. The molecular weight excluding hydrogens is 224 g/mol. The lowest BCUT2D eigenvalue weighted by atomic mass is 9.74. The topological polar surface area (TPSA) is 26.3 Å². The van der Waals surface area contributed by atoms with Gasteiger partial charge in [-0.3, -0.25) is 4.79 Å². The first-order chi connectivity index (χ1) is 8.48. The second-order valence-corrected chi connectivity index (χ2v) is 5.53.